The minimum atomic E-state index is -3.04. The van der Waals surface area contributed by atoms with Crippen LogP contribution in [-0.2, 0) is 9.84 Å². The average Bonchev–Trinajstić information content (AvgIpc) is 2.02. The van der Waals surface area contributed by atoms with Crippen LogP contribution in [0.15, 0.2) is 27.6 Å². The first-order chi connectivity index (χ1) is 6.09. The van der Waals surface area contributed by atoms with E-state index in [1.54, 1.807) is 18.2 Å². The van der Waals surface area contributed by atoms with E-state index in [4.69, 9.17) is 0 Å². The molecule has 0 saturated heterocycles. The van der Waals surface area contributed by atoms with Crippen molar-refractivity contribution < 1.29 is 8.42 Å². The molecule has 1 N–H and O–H groups in total. The number of rotatable bonds is 0. The zero-order chi connectivity index (χ0) is 9.47. The topological polar surface area (TPSA) is 46.2 Å². The van der Waals surface area contributed by atoms with Gasteiger partial charge in [-0.15, -0.1) is 0 Å². The third kappa shape index (κ3) is 1.58. The van der Waals surface area contributed by atoms with Crippen molar-refractivity contribution in [3.8, 4) is 0 Å². The maximum absolute atomic E-state index is 11.5. The normalized spacial score (nSPS) is 18.8. The summed E-state index contributed by atoms with van der Waals surface area (Å²) < 4.78 is 23.9. The zero-order valence-electron chi connectivity index (χ0n) is 6.75. The van der Waals surface area contributed by atoms with E-state index in [1.165, 1.54) is 0 Å². The molecule has 0 aliphatic carbocycles. The second-order valence-corrected chi connectivity index (χ2v) is 5.88. The molecule has 0 aromatic heterocycles. The zero-order valence-corrected chi connectivity index (χ0v) is 9.15. The van der Waals surface area contributed by atoms with E-state index in [1.807, 2.05) is 0 Å². The van der Waals surface area contributed by atoms with Crippen LogP contribution >= 0.6 is 15.9 Å². The van der Waals surface area contributed by atoms with Crippen molar-refractivity contribution in [3.63, 3.8) is 0 Å². The molecule has 0 saturated carbocycles. The van der Waals surface area contributed by atoms with Crippen molar-refractivity contribution in [2.75, 3.05) is 17.6 Å². The van der Waals surface area contributed by atoms with Gasteiger partial charge in [0.1, 0.15) is 0 Å². The number of fused-ring (bicyclic) bond motifs is 1. The Morgan fingerprint density at radius 3 is 2.92 bits per heavy atom. The molecular formula is C8H8BrNO2S. The van der Waals surface area contributed by atoms with Gasteiger partial charge in [-0.3, -0.25) is 0 Å². The summed E-state index contributed by atoms with van der Waals surface area (Å²) >= 11 is 3.29. The van der Waals surface area contributed by atoms with Gasteiger partial charge in [-0.1, -0.05) is 15.9 Å². The third-order valence-electron chi connectivity index (χ3n) is 1.96. The molecular weight excluding hydrogens is 254 g/mol. The van der Waals surface area contributed by atoms with E-state index < -0.39 is 9.84 Å². The van der Waals surface area contributed by atoms with Crippen LogP contribution in [0.2, 0.25) is 0 Å². The molecule has 70 valence electrons. The molecule has 0 radical (unpaired) electrons. The molecule has 0 fully saturated rings. The van der Waals surface area contributed by atoms with Crippen LogP contribution in [-0.4, -0.2) is 20.7 Å². The lowest BCUT2D eigenvalue weighted by Crippen LogP contribution is -2.23. The van der Waals surface area contributed by atoms with Crippen molar-refractivity contribution in [3.05, 3.63) is 22.7 Å². The Kier molecular flexibility index (Phi) is 2.08. The highest BCUT2D eigenvalue weighted by molar-refractivity contribution is 9.10. The van der Waals surface area contributed by atoms with Crippen LogP contribution in [0.4, 0.5) is 5.69 Å². The number of anilines is 1. The number of hydrogen-bond acceptors (Lipinski definition) is 3. The van der Waals surface area contributed by atoms with Crippen molar-refractivity contribution in [2.45, 2.75) is 4.90 Å². The van der Waals surface area contributed by atoms with Gasteiger partial charge in [0.15, 0.2) is 9.84 Å². The average molecular weight is 262 g/mol. The Morgan fingerprint density at radius 1 is 1.38 bits per heavy atom. The highest BCUT2D eigenvalue weighted by atomic mass is 79.9. The monoisotopic (exact) mass is 261 g/mol. The van der Waals surface area contributed by atoms with Gasteiger partial charge in [0.05, 0.1) is 16.3 Å². The van der Waals surface area contributed by atoms with Crippen LogP contribution < -0.4 is 5.32 Å². The summed E-state index contributed by atoms with van der Waals surface area (Å²) in [5.41, 5.74) is 0.695. The maximum Gasteiger partial charge on any atom is 0.182 e. The minimum absolute atomic E-state index is 0.182. The van der Waals surface area contributed by atoms with Gasteiger partial charge in [-0.2, -0.15) is 0 Å². The number of benzene rings is 1. The number of hydrogen-bond donors (Lipinski definition) is 1. The van der Waals surface area contributed by atoms with E-state index in [0.717, 1.165) is 4.47 Å². The van der Waals surface area contributed by atoms with Crippen molar-refractivity contribution in [1.29, 1.82) is 0 Å². The lowest BCUT2D eigenvalue weighted by Gasteiger charge is -2.17. The summed E-state index contributed by atoms with van der Waals surface area (Å²) in [6, 6.07) is 5.15. The molecule has 2 rings (SSSR count). The molecule has 1 aliphatic rings. The molecule has 13 heavy (non-hydrogen) atoms. The molecule has 3 nitrogen and oxygen atoms in total. The molecule has 0 spiro atoms. The Labute approximate surface area is 85.2 Å². The SMILES string of the molecule is O=S1(=O)CCNc2cc(Br)ccc21. The van der Waals surface area contributed by atoms with E-state index >= 15 is 0 Å². The third-order valence-corrected chi connectivity index (χ3v) is 4.22. The first kappa shape index (κ1) is 9.02. The highest BCUT2D eigenvalue weighted by Crippen LogP contribution is 2.28. The minimum Gasteiger partial charge on any atom is -0.383 e. The van der Waals surface area contributed by atoms with Crippen molar-refractivity contribution in [2.24, 2.45) is 0 Å². The fourth-order valence-corrected chi connectivity index (χ4v) is 3.03. The first-order valence-electron chi connectivity index (χ1n) is 3.86. The van der Waals surface area contributed by atoms with Crippen LogP contribution in [0, 0.1) is 0 Å². The van der Waals surface area contributed by atoms with E-state index in [0.29, 0.717) is 17.1 Å². The number of nitrogens with one attached hydrogen (secondary N) is 1. The Morgan fingerprint density at radius 2 is 2.15 bits per heavy atom. The van der Waals surface area contributed by atoms with Crippen molar-refractivity contribution in [1.82, 2.24) is 0 Å². The Balaban J connectivity index is 2.66. The maximum atomic E-state index is 11.5. The van der Waals surface area contributed by atoms with Gasteiger partial charge >= 0.3 is 0 Å². The van der Waals surface area contributed by atoms with Crippen LogP contribution in [0.3, 0.4) is 0 Å². The first-order valence-corrected chi connectivity index (χ1v) is 6.30. The smallest absolute Gasteiger partial charge is 0.182 e. The predicted octanol–water partition coefficient (Wildman–Crippen LogP) is 1.65. The predicted molar refractivity (Wildman–Crippen MR) is 54.7 cm³/mol. The lowest BCUT2D eigenvalue weighted by molar-refractivity contribution is 0.595. The van der Waals surface area contributed by atoms with Gasteiger partial charge in [-0.05, 0) is 18.2 Å². The lowest BCUT2D eigenvalue weighted by atomic mass is 10.3. The molecule has 1 heterocycles. The number of sulfone groups is 1. The fraction of sp³-hybridized carbons (Fsp3) is 0.250. The van der Waals surface area contributed by atoms with Gasteiger partial charge in [0.25, 0.3) is 0 Å². The quantitative estimate of drug-likeness (QED) is 0.773. The van der Waals surface area contributed by atoms with Crippen LogP contribution in [0.1, 0.15) is 0 Å². The van der Waals surface area contributed by atoms with Gasteiger partial charge < -0.3 is 5.32 Å². The summed E-state index contributed by atoms with van der Waals surface area (Å²) in [7, 11) is -3.04. The fourth-order valence-electron chi connectivity index (χ4n) is 1.34. The van der Waals surface area contributed by atoms with Crippen molar-refractivity contribution >= 4 is 31.5 Å². The molecule has 1 aromatic rings. The van der Waals surface area contributed by atoms with E-state index in [9.17, 15) is 8.42 Å². The Bertz CT molecular complexity index is 441. The second-order valence-electron chi connectivity index (χ2n) is 2.89. The molecule has 5 heteroatoms. The van der Waals surface area contributed by atoms with Gasteiger partial charge in [0.2, 0.25) is 0 Å². The highest BCUT2D eigenvalue weighted by Gasteiger charge is 2.22. The summed E-state index contributed by atoms with van der Waals surface area (Å²) in [5, 5.41) is 3.05. The summed E-state index contributed by atoms with van der Waals surface area (Å²) in [6.45, 7) is 0.492. The standard InChI is InChI=1S/C8H8BrNO2S/c9-6-1-2-8-7(5-6)10-3-4-13(8,11)12/h1-2,5,10H,3-4H2. The molecule has 1 aliphatic heterocycles. The van der Waals surface area contributed by atoms with Crippen LogP contribution in [0.5, 0.6) is 0 Å². The summed E-state index contributed by atoms with van der Waals surface area (Å²) in [4.78, 5) is 0.405. The largest absolute Gasteiger partial charge is 0.383 e. The van der Waals surface area contributed by atoms with Gasteiger partial charge in [-0.25, -0.2) is 8.42 Å². The van der Waals surface area contributed by atoms with E-state index in [-0.39, 0.29) is 5.75 Å². The molecule has 0 unspecified atom stereocenters. The molecule has 0 atom stereocenters. The summed E-state index contributed by atoms with van der Waals surface area (Å²) in [5.74, 6) is 0.182. The molecule has 0 bridgehead atoms. The van der Waals surface area contributed by atoms with E-state index in [2.05, 4.69) is 21.2 Å². The van der Waals surface area contributed by atoms with Gasteiger partial charge in [0, 0.05) is 11.0 Å². The summed E-state index contributed by atoms with van der Waals surface area (Å²) in [6.07, 6.45) is 0. The molecule has 0 amide bonds. The van der Waals surface area contributed by atoms with Crippen LogP contribution in [0.25, 0.3) is 0 Å². The number of halogens is 1. The Hall–Kier alpha value is -0.550. The second kappa shape index (κ2) is 2.99. The molecule has 1 aromatic carbocycles.